The van der Waals surface area contributed by atoms with E-state index in [1.165, 1.54) is 0 Å². The van der Waals surface area contributed by atoms with E-state index in [2.05, 4.69) is 6.58 Å². The molecule has 0 aliphatic carbocycles. The Bertz CT molecular complexity index is 1800. The van der Waals surface area contributed by atoms with Crippen LogP contribution in [-0.2, 0) is 11.2 Å². The fraction of sp³-hybridized carbons (Fsp3) is 0.387. The van der Waals surface area contributed by atoms with E-state index in [0.717, 1.165) is 37.9 Å². The van der Waals surface area contributed by atoms with E-state index in [4.69, 9.17) is 0 Å². The summed E-state index contributed by atoms with van der Waals surface area (Å²) < 4.78 is 204. The number of halogens is 15. The van der Waals surface area contributed by atoms with Gasteiger partial charge >= 0.3 is 41.7 Å². The quantitative estimate of drug-likeness (QED) is 0.0586. The molecule has 0 atom stereocenters. The lowest BCUT2D eigenvalue weighted by Gasteiger charge is -2.42. The normalized spacial score (nSPS) is 14.3. The van der Waals surface area contributed by atoms with Crippen molar-refractivity contribution in [3.05, 3.63) is 72.8 Å². The maximum atomic E-state index is 14.6. The van der Waals surface area contributed by atoms with Gasteiger partial charge in [-0.05, 0) is 63.2 Å². The molecule has 0 bridgehead atoms. The second-order valence-corrected chi connectivity index (χ2v) is 11.1. The van der Waals surface area contributed by atoms with E-state index in [0.29, 0.717) is 0 Å². The van der Waals surface area contributed by atoms with Gasteiger partial charge in [0, 0.05) is 6.54 Å². The third kappa shape index (κ3) is 5.55. The van der Waals surface area contributed by atoms with Crippen LogP contribution in [0, 0.1) is 0 Å². The number of hydrogen-bond donors (Lipinski definition) is 0. The van der Waals surface area contributed by atoms with Crippen LogP contribution < -0.4 is 0 Å². The Labute approximate surface area is 261 Å². The Morgan fingerprint density at radius 1 is 0.604 bits per heavy atom. The molecule has 2 nitrogen and oxygen atoms in total. The highest BCUT2D eigenvalue weighted by Gasteiger charge is 2.93. The van der Waals surface area contributed by atoms with Gasteiger partial charge in [-0.3, -0.25) is 4.79 Å². The zero-order valence-corrected chi connectivity index (χ0v) is 24.0. The first-order chi connectivity index (χ1) is 21.9. The number of hydrogen-bond acceptors (Lipinski definition) is 1. The Balaban J connectivity index is 1.54. The molecule has 0 N–H and O–H groups in total. The minimum Gasteiger partial charge on any atom is -0.333 e. The van der Waals surface area contributed by atoms with Crippen molar-refractivity contribution in [2.24, 2.45) is 0 Å². The summed E-state index contributed by atoms with van der Waals surface area (Å²) in [5.74, 6) is -48.9. The van der Waals surface area contributed by atoms with Gasteiger partial charge in [0.05, 0.1) is 6.54 Å². The molecule has 4 aromatic carbocycles. The van der Waals surface area contributed by atoms with Gasteiger partial charge in [-0.15, -0.1) is 0 Å². The highest BCUT2D eigenvalue weighted by Crippen LogP contribution is 2.62. The molecule has 4 rings (SSSR count). The smallest absolute Gasteiger partial charge is 0.333 e. The van der Waals surface area contributed by atoms with Gasteiger partial charge in [-0.1, -0.05) is 61.2 Å². The fourth-order valence-corrected chi connectivity index (χ4v) is 5.37. The zero-order chi connectivity index (χ0) is 36.3. The molecule has 0 radical (unpaired) electrons. The summed E-state index contributed by atoms with van der Waals surface area (Å²) in [7, 11) is 0. The number of carbonyl (C=O) groups excluding carboxylic acids is 1. The molecule has 0 fully saturated rings. The third-order valence-corrected chi connectivity index (χ3v) is 8.01. The zero-order valence-electron chi connectivity index (χ0n) is 24.0. The van der Waals surface area contributed by atoms with Crippen LogP contribution in [0.1, 0.15) is 18.4 Å². The summed E-state index contributed by atoms with van der Waals surface area (Å²) >= 11 is 0. The van der Waals surface area contributed by atoms with Crippen LogP contribution in [0.25, 0.3) is 32.3 Å². The van der Waals surface area contributed by atoms with E-state index >= 15 is 0 Å². The maximum Gasteiger partial charge on any atom is 0.460 e. The molecule has 17 heteroatoms. The molecule has 1 amide bonds. The number of alkyl halides is 15. The Kier molecular flexibility index (Phi) is 9.15. The lowest BCUT2D eigenvalue weighted by atomic mass is 9.90. The number of benzene rings is 4. The van der Waals surface area contributed by atoms with Crippen molar-refractivity contribution in [2.75, 3.05) is 13.1 Å². The van der Waals surface area contributed by atoms with Crippen molar-refractivity contribution in [3.8, 4) is 0 Å². The SMILES string of the molecule is C=CC(=O)N(CCCCc1ccc2ccc3cccc4ccc1c2c34)CC(F)(F)C(F)(F)C(F)(F)C(F)(F)C(F)(F)C(F)(F)C(F)(F)F. The van der Waals surface area contributed by atoms with Crippen molar-refractivity contribution in [3.63, 3.8) is 0 Å². The number of unbranched alkanes of at least 4 members (excludes halogenated alkanes) is 1. The van der Waals surface area contributed by atoms with Crippen LogP contribution in [0.5, 0.6) is 0 Å². The average molecular weight is 709 g/mol. The van der Waals surface area contributed by atoms with Crippen molar-refractivity contribution in [2.45, 2.75) is 61.0 Å². The van der Waals surface area contributed by atoms with E-state index in [9.17, 15) is 70.7 Å². The van der Waals surface area contributed by atoms with Crippen molar-refractivity contribution >= 4 is 38.2 Å². The van der Waals surface area contributed by atoms with Gasteiger partial charge in [0.25, 0.3) is 0 Å². The number of aryl methyl sites for hydroxylation is 1. The first-order valence-electron chi connectivity index (χ1n) is 13.8. The predicted molar refractivity (Wildman–Crippen MR) is 146 cm³/mol. The second-order valence-electron chi connectivity index (χ2n) is 11.1. The highest BCUT2D eigenvalue weighted by molar-refractivity contribution is 6.23. The number of carbonyl (C=O) groups is 1. The highest BCUT2D eigenvalue weighted by atomic mass is 19.4. The molecule has 0 saturated carbocycles. The molecule has 262 valence electrons. The van der Waals surface area contributed by atoms with Gasteiger partial charge in [0.1, 0.15) is 0 Å². The van der Waals surface area contributed by atoms with Crippen LogP contribution in [0.3, 0.4) is 0 Å². The summed E-state index contributed by atoms with van der Waals surface area (Å²) in [6, 6.07) is 16.7. The van der Waals surface area contributed by atoms with Gasteiger partial charge in [0.15, 0.2) is 0 Å². The Hall–Kier alpha value is -3.92. The molecular formula is C31H22F15NO. The van der Waals surface area contributed by atoms with Crippen LogP contribution in [0.4, 0.5) is 65.9 Å². The van der Waals surface area contributed by atoms with Gasteiger partial charge < -0.3 is 4.90 Å². The Morgan fingerprint density at radius 3 is 1.62 bits per heavy atom. The largest absolute Gasteiger partial charge is 0.460 e. The summed E-state index contributed by atoms with van der Waals surface area (Å²) in [6.45, 7) is -0.861. The summed E-state index contributed by atoms with van der Waals surface area (Å²) in [4.78, 5) is 11.9. The van der Waals surface area contributed by atoms with E-state index in [1.807, 2.05) is 48.5 Å². The minimum atomic E-state index is -8.39. The van der Waals surface area contributed by atoms with Gasteiger partial charge in [0.2, 0.25) is 5.91 Å². The van der Waals surface area contributed by atoms with Gasteiger partial charge in [-0.2, -0.15) is 65.9 Å². The molecule has 0 saturated heterocycles. The Morgan fingerprint density at radius 2 is 1.08 bits per heavy atom. The lowest BCUT2D eigenvalue weighted by Crippen LogP contribution is -2.73. The van der Waals surface area contributed by atoms with E-state index in [1.54, 1.807) is 6.07 Å². The molecule has 4 aromatic rings. The topological polar surface area (TPSA) is 20.3 Å². The van der Waals surface area contributed by atoms with Crippen LogP contribution in [0.15, 0.2) is 67.3 Å². The van der Waals surface area contributed by atoms with E-state index < -0.39 is 60.7 Å². The summed E-state index contributed by atoms with van der Waals surface area (Å²) in [5, 5.41) is 5.46. The molecule has 0 aliphatic rings. The average Bonchev–Trinajstić information content (AvgIpc) is 3.00. The molecule has 0 spiro atoms. The molecule has 0 unspecified atom stereocenters. The van der Waals surface area contributed by atoms with Crippen molar-refractivity contribution in [1.82, 2.24) is 4.90 Å². The first-order valence-corrected chi connectivity index (χ1v) is 13.8. The first kappa shape index (κ1) is 36.9. The molecule has 0 aliphatic heterocycles. The van der Waals surface area contributed by atoms with Crippen LogP contribution >= 0.6 is 0 Å². The monoisotopic (exact) mass is 709 g/mol. The second kappa shape index (κ2) is 11.9. The van der Waals surface area contributed by atoms with Crippen LogP contribution in [0.2, 0.25) is 0 Å². The molecule has 48 heavy (non-hydrogen) atoms. The summed E-state index contributed by atoms with van der Waals surface area (Å²) in [5.41, 5.74) is 0.734. The minimum absolute atomic E-state index is 0.0415. The lowest BCUT2D eigenvalue weighted by molar-refractivity contribution is -0.452. The molecule has 0 heterocycles. The number of amides is 1. The molecule has 0 aromatic heterocycles. The van der Waals surface area contributed by atoms with Crippen molar-refractivity contribution < 1.29 is 70.7 Å². The fourth-order valence-electron chi connectivity index (χ4n) is 5.37. The molecular weight excluding hydrogens is 687 g/mol. The van der Waals surface area contributed by atoms with Gasteiger partial charge in [-0.25, -0.2) is 0 Å². The van der Waals surface area contributed by atoms with E-state index in [-0.39, 0.29) is 30.2 Å². The maximum absolute atomic E-state index is 14.6. The number of nitrogens with zero attached hydrogens (tertiary/aromatic N) is 1. The third-order valence-electron chi connectivity index (χ3n) is 8.01. The predicted octanol–water partition coefficient (Wildman–Crippen LogP) is 10.3. The summed E-state index contributed by atoms with van der Waals surface area (Å²) in [6.07, 6.45) is -7.49. The number of rotatable bonds is 13. The standard InChI is InChI=1S/C31H22F15NO/c1-2-22(48)47(16-25(32,33)26(34,35)27(36,37)28(38,39)29(40,41)30(42,43)31(44,45)46)15-4-3-6-17-9-10-20-12-11-18-7-5-8-19-13-14-21(17)24(20)23(18)19/h2,5,7-14H,1,3-4,6,15-16H2. The van der Waals surface area contributed by atoms with Crippen LogP contribution in [-0.4, -0.2) is 65.6 Å². The van der Waals surface area contributed by atoms with Crippen molar-refractivity contribution in [1.29, 1.82) is 0 Å².